The number of anilines is 1. The molecule has 2 N–H and O–H groups in total. The lowest BCUT2D eigenvalue weighted by molar-refractivity contribution is -0.121. The van der Waals surface area contributed by atoms with Crippen LogP contribution in [0.2, 0.25) is 0 Å². The second-order valence-corrected chi connectivity index (χ2v) is 6.06. The van der Waals surface area contributed by atoms with Gasteiger partial charge in [-0.3, -0.25) is 4.79 Å². The number of carbonyl (C=O) groups excluding carboxylic acids is 1. The Morgan fingerprint density at radius 3 is 2.95 bits per heavy atom. The molecule has 1 saturated heterocycles. The van der Waals surface area contributed by atoms with E-state index in [1.54, 1.807) is 0 Å². The van der Waals surface area contributed by atoms with Gasteiger partial charge in [0.1, 0.15) is 0 Å². The Hall–Kier alpha value is -1.39. The highest BCUT2D eigenvalue weighted by Crippen LogP contribution is 2.25. The van der Waals surface area contributed by atoms with E-state index in [9.17, 15) is 4.79 Å². The molecule has 1 aliphatic carbocycles. The predicted octanol–water partition coefficient (Wildman–Crippen LogP) is 2.69. The molecule has 0 bridgehead atoms. The van der Waals surface area contributed by atoms with E-state index in [0.717, 1.165) is 25.1 Å². The quantitative estimate of drug-likeness (QED) is 0.846. The van der Waals surface area contributed by atoms with E-state index >= 15 is 0 Å². The molecular formula is C17H24N2O2. The molecule has 2 unspecified atom stereocenters. The number of amides is 1. The number of nitrogens with one attached hydrogen (secondary N) is 2. The molecule has 2 aliphatic rings. The molecule has 21 heavy (non-hydrogen) atoms. The molecule has 1 aliphatic heterocycles. The Labute approximate surface area is 126 Å². The summed E-state index contributed by atoms with van der Waals surface area (Å²) in [5, 5.41) is 6.54. The summed E-state index contributed by atoms with van der Waals surface area (Å²) in [6.45, 7) is 3.64. The third-order valence-corrected chi connectivity index (χ3v) is 4.32. The second kappa shape index (κ2) is 6.58. The fourth-order valence-electron chi connectivity index (χ4n) is 2.89. The normalized spacial score (nSPS) is 25.0. The van der Waals surface area contributed by atoms with Gasteiger partial charge in [0.15, 0.2) is 0 Å². The average Bonchev–Trinajstić information content (AvgIpc) is 3.20. The van der Waals surface area contributed by atoms with Gasteiger partial charge in [-0.1, -0.05) is 19.1 Å². The Morgan fingerprint density at radius 1 is 1.33 bits per heavy atom. The summed E-state index contributed by atoms with van der Waals surface area (Å²) < 4.78 is 5.60. The van der Waals surface area contributed by atoms with Crippen molar-refractivity contribution < 1.29 is 9.53 Å². The SMILES string of the molecule is CCC1OCCC1C(=O)Nc1cccc(CNC2CC2)c1. The monoisotopic (exact) mass is 288 g/mol. The lowest BCUT2D eigenvalue weighted by atomic mass is 9.98. The molecule has 4 heteroatoms. The number of ether oxygens (including phenoxy) is 1. The van der Waals surface area contributed by atoms with Gasteiger partial charge < -0.3 is 15.4 Å². The zero-order valence-electron chi connectivity index (χ0n) is 12.6. The molecule has 1 aromatic rings. The van der Waals surface area contributed by atoms with Crippen molar-refractivity contribution in [1.82, 2.24) is 5.32 Å². The summed E-state index contributed by atoms with van der Waals surface area (Å²) in [6, 6.07) is 8.81. The third kappa shape index (κ3) is 3.83. The molecule has 114 valence electrons. The maximum atomic E-state index is 12.4. The second-order valence-electron chi connectivity index (χ2n) is 6.06. The van der Waals surface area contributed by atoms with Crippen molar-refractivity contribution in [2.24, 2.45) is 5.92 Å². The van der Waals surface area contributed by atoms with Crippen LogP contribution >= 0.6 is 0 Å². The summed E-state index contributed by atoms with van der Waals surface area (Å²) in [5.41, 5.74) is 2.10. The molecule has 0 aromatic heterocycles. The van der Waals surface area contributed by atoms with E-state index in [1.807, 2.05) is 12.1 Å². The maximum absolute atomic E-state index is 12.4. The fraction of sp³-hybridized carbons (Fsp3) is 0.588. The van der Waals surface area contributed by atoms with Crippen molar-refractivity contribution in [3.8, 4) is 0 Å². The van der Waals surface area contributed by atoms with Crippen molar-refractivity contribution in [3.63, 3.8) is 0 Å². The Bertz CT molecular complexity index is 499. The van der Waals surface area contributed by atoms with Crippen LogP contribution in [0.3, 0.4) is 0 Å². The zero-order valence-corrected chi connectivity index (χ0v) is 12.6. The first kappa shape index (κ1) is 14.5. The van der Waals surface area contributed by atoms with Gasteiger partial charge >= 0.3 is 0 Å². The van der Waals surface area contributed by atoms with Gasteiger partial charge in [0.2, 0.25) is 5.91 Å². The number of hydrogen-bond donors (Lipinski definition) is 2. The highest BCUT2D eigenvalue weighted by Gasteiger charge is 2.32. The van der Waals surface area contributed by atoms with Gasteiger partial charge in [-0.05, 0) is 43.4 Å². The fourth-order valence-corrected chi connectivity index (χ4v) is 2.89. The highest BCUT2D eigenvalue weighted by atomic mass is 16.5. The molecule has 1 heterocycles. The highest BCUT2D eigenvalue weighted by molar-refractivity contribution is 5.93. The summed E-state index contributed by atoms with van der Waals surface area (Å²) in [7, 11) is 0. The number of carbonyl (C=O) groups is 1. The van der Waals surface area contributed by atoms with Crippen LogP contribution in [-0.4, -0.2) is 24.7 Å². The topological polar surface area (TPSA) is 50.4 Å². The van der Waals surface area contributed by atoms with Crippen LogP contribution in [0.1, 0.15) is 38.2 Å². The van der Waals surface area contributed by atoms with E-state index < -0.39 is 0 Å². The molecular weight excluding hydrogens is 264 g/mol. The van der Waals surface area contributed by atoms with Crippen LogP contribution in [0.25, 0.3) is 0 Å². The van der Waals surface area contributed by atoms with Crippen LogP contribution in [0.4, 0.5) is 5.69 Å². The van der Waals surface area contributed by atoms with Gasteiger partial charge in [-0.25, -0.2) is 0 Å². The van der Waals surface area contributed by atoms with Crippen LogP contribution in [0, 0.1) is 5.92 Å². The van der Waals surface area contributed by atoms with E-state index in [0.29, 0.717) is 12.6 Å². The molecule has 1 amide bonds. The van der Waals surface area contributed by atoms with E-state index in [-0.39, 0.29) is 17.9 Å². The minimum Gasteiger partial charge on any atom is -0.377 e. The standard InChI is InChI=1S/C17H24N2O2/c1-2-16-15(8-9-21-16)17(20)19-14-5-3-4-12(10-14)11-18-13-6-7-13/h3-5,10,13,15-16,18H,2,6-9,11H2,1H3,(H,19,20). The predicted molar refractivity (Wildman–Crippen MR) is 83.1 cm³/mol. The first-order valence-corrected chi connectivity index (χ1v) is 8.01. The summed E-state index contributed by atoms with van der Waals surface area (Å²) in [5.74, 6) is 0.0786. The lowest BCUT2D eigenvalue weighted by Crippen LogP contribution is -2.29. The van der Waals surface area contributed by atoms with E-state index in [2.05, 4.69) is 29.7 Å². The van der Waals surface area contributed by atoms with Crippen molar-refractivity contribution in [2.75, 3.05) is 11.9 Å². The van der Waals surface area contributed by atoms with Crippen molar-refractivity contribution in [1.29, 1.82) is 0 Å². The minimum absolute atomic E-state index is 0.0109. The van der Waals surface area contributed by atoms with Crippen LogP contribution in [0.5, 0.6) is 0 Å². The average molecular weight is 288 g/mol. The van der Waals surface area contributed by atoms with Gasteiger partial charge in [0.05, 0.1) is 12.0 Å². The summed E-state index contributed by atoms with van der Waals surface area (Å²) in [4.78, 5) is 12.4. The molecule has 1 saturated carbocycles. The van der Waals surface area contributed by atoms with Crippen molar-refractivity contribution in [3.05, 3.63) is 29.8 Å². The molecule has 1 aromatic carbocycles. The Morgan fingerprint density at radius 2 is 2.19 bits per heavy atom. The maximum Gasteiger partial charge on any atom is 0.230 e. The van der Waals surface area contributed by atoms with Gasteiger partial charge in [-0.2, -0.15) is 0 Å². The smallest absolute Gasteiger partial charge is 0.230 e. The minimum atomic E-state index is -0.0109. The first-order chi connectivity index (χ1) is 10.3. The molecule has 0 spiro atoms. The summed E-state index contributed by atoms with van der Waals surface area (Å²) in [6.07, 6.45) is 4.37. The van der Waals surface area contributed by atoms with Gasteiger partial charge in [-0.15, -0.1) is 0 Å². The van der Waals surface area contributed by atoms with Gasteiger partial charge in [0, 0.05) is 24.9 Å². The van der Waals surface area contributed by atoms with Crippen LogP contribution < -0.4 is 10.6 Å². The first-order valence-electron chi connectivity index (χ1n) is 8.01. The Balaban J connectivity index is 1.58. The number of hydrogen-bond acceptors (Lipinski definition) is 3. The lowest BCUT2D eigenvalue weighted by Gasteiger charge is -2.16. The van der Waals surface area contributed by atoms with Crippen molar-refractivity contribution in [2.45, 2.75) is 51.3 Å². The largest absolute Gasteiger partial charge is 0.377 e. The van der Waals surface area contributed by atoms with E-state index in [4.69, 9.17) is 4.74 Å². The molecule has 3 rings (SSSR count). The van der Waals surface area contributed by atoms with E-state index in [1.165, 1.54) is 18.4 Å². The molecule has 4 nitrogen and oxygen atoms in total. The molecule has 2 fully saturated rings. The van der Waals surface area contributed by atoms with Gasteiger partial charge in [0.25, 0.3) is 0 Å². The van der Waals surface area contributed by atoms with Crippen molar-refractivity contribution >= 4 is 11.6 Å². The number of benzene rings is 1. The van der Waals surface area contributed by atoms with Crippen LogP contribution in [0.15, 0.2) is 24.3 Å². The number of rotatable bonds is 6. The summed E-state index contributed by atoms with van der Waals surface area (Å²) >= 11 is 0. The molecule has 0 radical (unpaired) electrons. The third-order valence-electron chi connectivity index (χ3n) is 4.32. The van der Waals surface area contributed by atoms with Crippen LogP contribution in [-0.2, 0) is 16.1 Å². The Kier molecular flexibility index (Phi) is 4.56. The molecule has 2 atom stereocenters. The zero-order chi connectivity index (χ0) is 14.7.